The van der Waals surface area contributed by atoms with Crippen molar-refractivity contribution < 1.29 is 23.8 Å². The summed E-state index contributed by atoms with van der Waals surface area (Å²) in [4.78, 5) is 22.0. The predicted molar refractivity (Wildman–Crippen MR) is 80.3 cm³/mol. The maximum absolute atomic E-state index is 11.0. The fourth-order valence-corrected chi connectivity index (χ4v) is 6.07. The molecule has 0 heterocycles. The quantitative estimate of drug-likeness (QED) is 0.508. The van der Waals surface area contributed by atoms with Crippen molar-refractivity contribution in [2.75, 3.05) is 20.3 Å². The van der Waals surface area contributed by atoms with Gasteiger partial charge in [0.1, 0.15) is 13.2 Å². The van der Waals surface area contributed by atoms with E-state index in [1.165, 1.54) is 14.0 Å². The lowest BCUT2D eigenvalue weighted by Crippen LogP contribution is -2.37. The summed E-state index contributed by atoms with van der Waals surface area (Å²) in [7, 11) is -0.371. The molecule has 0 saturated carbocycles. The predicted octanol–water partition coefficient (Wildman–Crippen LogP) is 3.31. The molecule has 0 atom stereocenters. The normalized spacial score (nSPS) is 11.9. The number of methoxy groups -OCH3 is 1. The Balaban J connectivity index is 4.99. The molecule has 6 heteroatoms. The topological polar surface area (TPSA) is 61.8 Å². The number of esters is 1. The van der Waals surface area contributed by atoms with Crippen molar-refractivity contribution in [1.29, 1.82) is 0 Å². The van der Waals surface area contributed by atoms with Gasteiger partial charge in [0.25, 0.3) is 0 Å². The number of rotatable bonds is 8. The van der Waals surface area contributed by atoms with Crippen LogP contribution < -0.4 is 0 Å². The molecule has 0 aliphatic rings. The fourth-order valence-electron chi connectivity index (χ4n) is 2.31. The summed E-state index contributed by atoms with van der Waals surface area (Å²) in [6.07, 6.45) is 1.17. The van der Waals surface area contributed by atoms with Crippen LogP contribution in [0.2, 0.25) is 18.1 Å². The van der Waals surface area contributed by atoms with E-state index >= 15 is 0 Å². The Kier molecular flexibility index (Phi) is 8.95. The highest BCUT2D eigenvalue weighted by Gasteiger charge is 2.31. The molecule has 0 saturated heterocycles. The second kappa shape index (κ2) is 9.58. The first kappa shape index (κ1) is 18.7. The van der Waals surface area contributed by atoms with E-state index in [1.54, 1.807) is 0 Å². The first-order chi connectivity index (χ1) is 9.45. The van der Waals surface area contributed by atoms with Gasteiger partial charge in [-0.1, -0.05) is 38.9 Å². The van der Waals surface area contributed by atoms with E-state index in [2.05, 4.69) is 25.5 Å². The van der Waals surface area contributed by atoms with Crippen molar-refractivity contribution in [2.45, 2.75) is 45.8 Å². The zero-order chi connectivity index (χ0) is 15.6. The van der Waals surface area contributed by atoms with Crippen molar-refractivity contribution >= 4 is 20.2 Å². The van der Waals surface area contributed by atoms with Crippen molar-refractivity contribution in [3.63, 3.8) is 0 Å². The van der Waals surface area contributed by atoms with Crippen LogP contribution in [0.1, 0.15) is 27.7 Å². The molecule has 0 aromatic rings. The van der Waals surface area contributed by atoms with E-state index in [0.29, 0.717) is 6.61 Å². The Morgan fingerprint density at radius 3 is 2.00 bits per heavy atom. The largest absolute Gasteiger partial charge is 0.508 e. The van der Waals surface area contributed by atoms with E-state index in [0.717, 1.165) is 23.3 Å². The zero-order valence-electron chi connectivity index (χ0n) is 13.2. The number of ether oxygens (including phenoxy) is 3. The third-order valence-electron chi connectivity index (χ3n) is 3.84. The third-order valence-corrected chi connectivity index (χ3v) is 9.61. The van der Waals surface area contributed by atoms with Gasteiger partial charge in [-0.2, -0.15) is 0 Å². The van der Waals surface area contributed by atoms with Crippen LogP contribution in [0, 0.1) is 0 Å². The Morgan fingerprint density at radius 1 is 1.05 bits per heavy atom. The molecular formula is C14H26O5Si. The summed E-state index contributed by atoms with van der Waals surface area (Å²) in [5.41, 5.74) is 0. The minimum atomic E-state index is -1.64. The molecule has 0 amide bonds. The fraction of sp³-hybridized carbons (Fsp3) is 0.714. The molecule has 0 aromatic carbocycles. The van der Waals surface area contributed by atoms with E-state index in [-0.39, 0.29) is 12.6 Å². The lowest BCUT2D eigenvalue weighted by atomic mass is 10.5. The molecule has 0 aliphatic carbocycles. The summed E-state index contributed by atoms with van der Waals surface area (Å²) in [5.74, 6) is -0.295. The number of carbonyl (C=O) groups excluding carboxylic acids is 2. The molecule has 116 valence electrons. The molecule has 0 aliphatic heterocycles. The van der Waals surface area contributed by atoms with Gasteiger partial charge < -0.3 is 14.2 Å². The molecule has 0 unspecified atom stereocenters. The molecule has 0 bridgehead atoms. The first-order valence-corrected chi connectivity index (χ1v) is 9.61. The highest BCUT2D eigenvalue weighted by molar-refractivity contribution is 6.86. The minimum absolute atomic E-state index is 0.151. The van der Waals surface area contributed by atoms with E-state index in [1.807, 2.05) is 6.08 Å². The highest BCUT2D eigenvalue weighted by atomic mass is 28.3. The smallest absolute Gasteiger partial charge is 0.462 e. The summed E-state index contributed by atoms with van der Waals surface area (Å²) in [6.45, 7) is 8.35. The van der Waals surface area contributed by atoms with Crippen LogP contribution >= 0.6 is 0 Å². The molecule has 5 nitrogen and oxygen atoms in total. The van der Waals surface area contributed by atoms with Crippen molar-refractivity contribution in [3.8, 4) is 0 Å². The summed E-state index contributed by atoms with van der Waals surface area (Å²) >= 11 is 0. The molecular weight excluding hydrogens is 276 g/mol. The summed E-state index contributed by atoms with van der Waals surface area (Å²) in [5, 5.41) is 1.13. The van der Waals surface area contributed by atoms with Crippen LogP contribution in [-0.4, -0.2) is 40.5 Å². The maximum atomic E-state index is 11.0. The average molecular weight is 302 g/mol. The first-order valence-electron chi connectivity index (χ1n) is 6.99. The maximum Gasteiger partial charge on any atom is 0.508 e. The monoisotopic (exact) mass is 302 g/mol. The highest BCUT2D eigenvalue weighted by Crippen LogP contribution is 2.28. The minimum Gasteiger partial charge on any atom is -0.462 e. The van der Waals surface area contributed by atoms with Crippen molar-refractivity contribution in [1.82, 2.24) is 0 Å². The van der Waals surface area contributed by atoms with E-state index in [4.69, 9.17) is 9.47 Å². The van der Waals surface area contributed by atoms with Crippen LogP contribution in [-0.2, 0) is 19.0 Å². The van der Waals surface area contributed by atoms with Gasteiger partial charge in [0, 0.05) is 6.92 Å². The van der Waals surface area contributed by atoms with Crippen molar-refractivity contribution in [2.24, 2.45) is 0 Å². The third kappa shape index (κ3) is 5.77. The number of hydrogen-bond donors (Lipinski definition) is 0. The van der Waals surface area contributed by atoms with Crippen LogP contribution in [0.4, 0.5) is 4.79 Å². The molecule has 0 aromatic heterocycles. The molecule has 20 heavy (non-hydrogen) atoms. The van der Waals surface area contributed by atoms with Gasteiger partial charge >= 0.3 is 12.1 Å². The average Bonchev–Trinajstić information content (AvgIpc) is 2.45. The standard InChI is InChI=1S/C14H26O5Si/c1-6-20(7-2,8-3)13(11-19-12(4)15)9-10-18-14(16)17-5/h9H,6-8,10-11H2,1-5H3/b13-9+. The Hall–Kier alpha value is -1.30. The zero-order valence-corrected chi connectivity index (χ0v) is 14.2. The van der Waals surface area contributed by atoms with Gasteiger partial charge in [-0.3, -0.25) is 4.79 Å². The molecule has 0 rings (SSSR count). The van der Waals surface area contributed by atoms with E-state index < -0.39 is 14.2 Å². The lowest BCUT2D eigenvalue weighted by molar-refractivity contribution is -0.139. The number of carbonyl (C=O) groups is 2. The molecule has 0 spiro atoms. The van der Waals surface area contributed by atoms with Crippen LogP contribution in [0.3, 0.4) is 0 Å². The van der Waals surface area contributed by atoms with Gasteiger partial charge in [-0.25, -0.2) is 4.79 Å². The SMILES string of the molecule is CC[Si](CC)(CC)/C(=C/COC(=O)OC)COC(C)=O. The Morgan fingerprint density at radius 2 is 1.60 bits per heavy atom. The molecule has 0 radical (unpaired) electrons. The Labute approximate surface area is 122 Å². The van der Waals surface area contributed by atoms with Crippen LogP contribution in [0.5, 0.6) is 0 Å². The van der Waals surface area contributed by atoms with Crippen LogP contribution in [0.15, 0.2) is 11.3 Å². The van der Waals surface area contributed by atoms with Crippen LogP contribution in [0.25, 0.3) is 0 Å². The van der Waals surface area contributed by atoms with Gasteiger partial charge in [-0.15, -0.1) is 0 Å². The van der Waals surface area contributed by atoms with Gasteiger partial charge in [0.15, 0.2) is 0 Å². The second-order valence-electron chi connectivity index (χ2n) is 4.62. The van der Waals surface area contributed by atoms with Crippen molar-refractivity contribution in [3.05, 3.63) is 11.3 Å². The Bertz CT molecular complexity index is 339. The number of hydrogen-bond acceptors (Lipinski definition) is 5. The van der Waals surface area contributed by atoms with E-state index in [9.17, 15) is 9.59 Å². The van der Waals surface area contributed by atoms with Gasteiger partial charge in [0.2, 0.25) is 0 Å². The van der Waals surface area contributed by atoms with Gasteiger partial charge in [0.05, 0.1) is 15.2 Å². The molecule has 0 fully saturated rings. The lowest BCUT2D eigenvalue weighted by Gasteiger charge is -2.31. The van der Waals surface area contributed by atoms with Gasteiger partial charge in [-0.05, 0) is 11.3 Å². The summed E-state index contributed by atoms with van der Waals surface area (Å²) in [6, 6.07) is 3.22. The second-order valence-corrected chi connectivity index (χ2v) is 9.94. The summed E-state index contributed by atoms with van der Waals surface area (Å²) < 4.78 is 14.5. The molecule has 0 N–H and O–H groups in total.